The van der Waals surface area contributed by atoms with Gasteiger partial charge < -0.3 is 39.4 Å². The van der Waals surface area contributed by atoms with Gasteiger partial charge in [0.25, 0.3) is 0 Å². The van der Waals surface area contributed by atoms with Crippen LogP contribution in [0.15, 0.2) is 47.3 Å². The van der Waals surface area contributed by atoms with Gasteiger partial charge in [-0.1, -0.05) is 83.9 Å². The van der Waals surface area contributed by atoms with Gasteiger partial charge in [-0.15, -0.1) is 0 Å². The molecule has 44 heavy (non-hydrogen) atoms. The number of carbonyl (C=O) groups is 1. The van der Waals surface area contributed by atoms with Gasteiger partial charge in [-0.3, -0.25) is 0 Å². The van der Waals surface area contributed by atoms with E-state index in [9.17, 15) is 25.2 Å². The number of methoxy groups -OCH3 is 2. The zero-order valence-electron chi connectivity index (χ0n) is 28.6. The highest BCUT2D eigenvalue weighted by Crippen LogP contribution is 2.41. The van der Waals surface area contributed by atoms with Gasteiger partial charge in [-0.2, -0.15) is 0 Å². The Morgan fingerprint density at radius 1 is 1.05 bits per heavy atom. The van der Waals surface area contributed by atoms with E-state index in [0.717, 1.165) is 11.1 Å². The first-order chi connectivity index (χ1) is 20.5. The van der Waals surface area contributed by atoms with Gasteiger partial charge in [0.15, 0.2) is 5.79 Å². The van der Waals surface area contributed by atoms with Gasteiger partial charge in [0.2, 0.25) is 5.76 Å². The summed E-state index contributed by atoms with van der Waals surface area (Å²) in [5.74, 6) is -4.49. The normalized spacial score (nSPS) is 40.5. The van der Waals surface area contributed by atoms with Crippen LogP contribution in [0.4, 0.5) is 0 Å². The molecule has 1 saturated heterocycles. The van der Waals surface area contributed by atoms with Crippen LogP contribution in [-0.2, 0) is 23.7 Å². The van der Waals surface area contributed by atoms with Crippen molar-refractivity contribution in [2.45, 2.75) is 118 Å². The van der Waals surface area contributed by atoms with Crippen LogP contribution in [0.1, 0.15) is 75.2 Å². The molecule has 1 fully saturated rings. The van der Waals surface area contributed by atoms with Crippen LogP contribution >= 0.6 is 0 Å². The predicted molar refractivity (Wildman–Crippen MR) is 170 cm³/mol. The topological polar surface area (TPSA) is 135 Å². The first-order valence-electron chi connectivity index (χ1n) is 15.9. The van der Waals surface area contributed by atoms with Crippen molar-refractivity contribution in [3.8, 4) is 0 Å². The number of ether oxygens (including phenoxy) is 4. The minimum atomic E-state index is -1.80. The van der Waals surface area contributed by atoms with Crippen molar-refractivity contribution in [1.29, 1.82) is 0 Å². The standard InChI is InChI=1S/C35H58O9/c1-19(2)32-24(7)27(36)18-35(40,44-32)26(9)31(38)25(8)33-28(41-10)14-12-13-20(3)15-22(5)30(37)23(6)16-21(4)17-29(42-11)34(39)43-33/h12-14,16-17,19,22-28,30-33,36-38,40H,15,18H2,1-11H3/b14-12?,20-13-,21-16+,29-17-/t22-,23-,24+,25+,26+,27-,28+,30+,31-,32-,33-,35-/m0/s1. The molecular weight excluding hydrogens is 564 g/mol. The van der Waals surface area contributed by atoms with Crippen LogP contribution in [0.5, 0.6) is 0 Å². The zero-order valence-corrected chi connectivity index (χ0v) is 28.6. The molecule has 12 atom stereocenters. The van der Waals surface area contributed by atoms with Crippen LogP contribution in [0.25, 0.3) is 0 Å². The van der Waals surface area contributed by atoms with Crippen molar-refractivity contribution in [2.75, 3.05) is 14.2 Å². The quantitative estimate of drug-likeness (QED) is 0.298. The van der Waals surface area contributed by atoms with Gasteiger partial charge >= 0.3 is 5.97 Å². The molecular formula is C35H58O9. The molecule has 2 aliphatic rings. The Morgan fingerprint density at radius 3 is 2.25 bits per heavy atom. The van der Waals surface area contributed by atoms with E-state index in [-0.39, 0.29) is 35.9 Å². The van der Waals surface area contributed by atoms with E-state index in [1.165, 1.54) is 14.2 Å². The SMILES string of the molecule is CO/C1=C\C(C)=C\[C@H](C)[C@H](O)[C@@H](C)C/C(C)=C\C=C[C@@H](OC)[C@H]([C@H](C)[C@H](O)[C@@H](C)[C@]2(O)C[C@H](O)[C@@H](C)[C@H](C(C)C)O2)OC1=O. The summed E-state index contributed by atoms with van der Waals surface area (Å²) in [4.78, 5) is 13.5. The number of allylic oxidation sites excluding steroid dienone is 5. The van der Waals surface area contributed by atoms with Crippen LogP contribution in [-0.4, -0.2) is 83.0 Å². The van der Waals surface area contributed by atoms with E-state index in [2.05, 4.69) is 0 Å². The first kappa shape index (κ1) is 38.2. The fourth-order valence-corrected chi connectivity index (χ4v) is 6.54. The van der Waals surface area contributed by atoms with E-state index < -0.39 is 60.2 Å². The van der Waals surface area contributed by atoms with Crippen molar-refractivity contribution >= 4 is 5.97 Å². The molecule has 0 aromatic carbocycles. The number of rotatable bonds is 7. The van der Waals surface area contributed by atoms with Crippen LogP contribution in [0.2, 0.25) is 0 Å². The number of aliphatic hydroxyl groups excluding tert-OH is 3. The van der Waals surface area contributed by atoms with Crippen LogP contribution in [0, 0.1) is 35.5 Å². The summed E-state index contributed by atoms with van der Waals surface area (Å²) in [5, 5.41) is 45.0. The van der Waals surface area contributed by atoms with E-state index in [1.54, 1.807) is 26.0 Å². The molecule has 0 spiro atoms. The number of carbonyl (C=O) groups excluding carboxylic acids is 1. The molecule has 2 heterocycles. The number of esters is 1. The number of hydrogen-bond donors (Lipinski definition) is 4. The second kappa shape index (κ2) is 16.5. The predicted octanol–water partition coefficient (Wildman–Crippen LogP) is 4.69. The average molecular weight is 623 g/mol. The summed E-state index contributed by atoms with van der Waals surface area (Å²) < 4.78 is 23.4. The van der Waals surface area contributed by atoms with Crippen molar-refractivity contribution < 1.29 is 44.2 Å². The highest BCUT2D eigenvalue weighted by molar-refractivity contribution is 5.87. The molecule has 0 unspecified atom stereocenters. The first-order valence-corrected chi connectivity index (χ1v) is 15.9. The molecule has 9 nitrogen and oxygen atoms in total. The van der Waals surface area contributed by atoms with E-state index in [4.69, 9.17) is 18.9 Å². The third-order valence-corrected chi connectivity index (χ3v) is 9.50. The van der Waals surface area contributed by atoms with E-state index in [0.29, 0.717) is 6.42 Å². The summed E-state index contributed by atoms with van der Waals surface area (Å²) >= 11 is 0. The lowest BCUT2D eigenvalue weighted by atomic mass is 9.76. The number of hydrogen-bond acceptors (Lipinski definition) is 9. The minimum absolute atomic E-state index is 0.00492. The molecule has 0 bridgehead atoms. The molecule has 9 heteroatoms. The zero-order chi connectivity index (χ0) is 33.5. The largest absolute Gasteiger partial charge is 0.490 e. The Hall–Kier alpha value is -2.01. The molecule has 2 aliphatic heterocycles. The monoisotopic (exact) mass is 622 g/mol. The van der Waals surface area contributed by atoms with Gasteiger partial charge in [0.1, 0.15) is 12.2 Å². The maximum atomic E-state index is 13.5. The van der Waals surface area contributed by atoms with Crippen molar-refractivity contribution in [3.05, 3.63) is 47.3 Å². The fraction of sp³-hybridized carbons (Fsp3) is 0.743. The summed E-state index contributed by atoms with van der Waals surface area (Å²) in [5.41, 5.74) is 1.78. The molecule has 0 aliphatic carbocycles. The van der Waals surface area contributed by atoms with Crippen LogP contribution < -0.4 is 0 Å². The molecule has 0 aromatic rings. The van der Waals surface area contributed by atoms with Gasteiger partial charge in [-0.25, -0.2) is 4.79 Å². The summed E-state index contributed by atoms with van der Waals surface area (Å²) in [6, 6.07) is 0. The van der Waals surface area contributed by atoms with Gasteiger partial charge in [0, 0.05) is 37.2 Å². The molecule has 4 N–H and O–H groups in total. The lowest BCUT2D eigenvalue weighted by Crippen LogP contribution is -2.59. The highest BCUT2D eigenvalue weighted by Gasteiger charge is 2.51. The second-order valence-electron chi connectivity index (χ2n) is 13.6. The summed E-state index contributed by atoms with van der Waals surface area (Å²) in [6.07, 6.45) is 4.85. The molecule has 0 aromatic heterocycles. The highest BCUT2D eigenvalue weighted by atomic mass is 16.6. The summed E-state index contributed by atoms with van der Waals surface area (Å²) in [6.45, 7) is 17.0. The molecule has 252 valence electrons. The third kappa shape index (κ3) is 9.50. The molecule has 0 amide bonds. The Morgan fingerprint density at radius 2 is 1.68 bits per heavy atom. The maximum Gasteiger partial charge on any atom is 0.373 e. The van der Waals surface area contributed by atoms with Crippen molar-refractivity contribution in [1.82, 2.24) is 0 Å². The van der Waals surface area contributed by atoms with E-state index in [1.807, 2.05) is 66.7 Å². The number of aliphatic hydroxyl groups is 4. The summed E-state index contributed by atoms with van der Waals surface area (Å²) in [7, 11) is 2.87. The minimum Gasteiger partial charge on any atom is -0.490 e. The third-order valence-electron chi connectivity index (χ3n) is 9.50. The van der Waals surface area contributed by atoms with Crippen molar-refractivity contribution in [3.63, 3.8) is 0 Å². The second-order valence-corrected chi connectivity index (χ2v) is 13.6. The average Bonchev–Trinajstić information content (AvgIpc) is 2.96. The Balaban J connectivity index is 2.52. The smallest absolute Gasteiger partial charge is 0.373 e. The maximum absolute atomic E-state index is 13.5. The van der Waals surface area contributed by atoms with E-state index >= 15 is 0 Å². The Bertz CT molecular complexity index is 1060. The lowest BCUT2D eigenvalue weighted by Gasteiger charge is -2.49. The number of cyclic esters (lactones) is 1. The fourth-order valence-electron chi connectivity index (χ4n) is 6.54. The molecule has 2 rings (SSSR count). The van der Waals surface area contributed by atoms with Gasteiger partial charge in [0.05, 0.1) is 31.5 Å². The Labute approximate surface area is 264 Å². The molecule has 0 radical (unpaired) electrons. The molecule has 0 saturated carbocycles. The lowest BCUT2D eigenvalue weighted by molar-refractivity contribution is -0.328. The van der Waals surface area contributed by atoms with Crippen LogP contribution in [0.3, 0.4) is 0 Å². The van der Waals surface area contributed by atoms with Crippen molar-refractivity contribution in [2.24, 2.45) is 35.5 Å². The Kier molecular flexibility index (Phi) is 14.3. The van der Waals surface area contributed by atoms with Gasteiger partial charge in [-0.05, 0) is 38.2 Å².